The minimum Gasteiger partial charge on any atom is -0.434 e. The molecule has 150 valence electrons. The number of anilines is 1. The molecule has 0 unspecified atom stereocenters. The van der Waals surface area contributed by atoms with E-state index >= 15 is 0 Å². The molecular weight excluding hydrogens is 366 g/mol. The molecule has 2 N–H and O–H groups in total. The Morgan fingerprint density at radius 1 is 1.11 bits per heavy atom. The summed E-state index contributed by atoms with van der Waals surface area (Å²) in [6.45, 7) is 2.51. The van der Waals surface area contributed by atoms with Gasteiger partial charge in [0, 0.05) is 24.2 Å². The maximum Gasteiger partial charge on any atom is 0.387 e. The Morgan fingerprint density at radius 3 is 2.39 bits per heavy atom. The number of aryl methyl sites for hydroxylation is 2. The Morgan fingerprint density at radius 2 is 1.79 bits per heavy atom. The fourth-order valence-corrected chi connectivity index (χ4v) is 2.85. The van der Waals surface area contributed by atoms with Gasteiger partial charge in [0.15, 0.2) is 0 Å². The Labute approximate surface area is 163 Å². The van der Waals surface area contributed by atoms with Crippen LogP contribution in [-0.2, 0) is 11.3 Å². The SMILES string of the molecule is CCCC(=O)Nc1cccc(CNC(=O)c2cc(C)c(OC(F)F)c(C)c2)c1. The molecule has 2 amide bonds. The lowest BCUT2D eigenvalue weighted by Gasteiger charge is -2.13. The fourth-order valence-electron chi connectivity index (χ4n) is 2.85. The van der Waals surface area contributed by atoms with Gasteiger partial charge in [-0.25, -0.2) is 0 Å². The van der Waals surface area contributed by atoms with E-state index < -0.39 is 6.61 Å². The van der Waals surface area contributed by atoms with Crippen molar-refractivity contribution in [3.05, 3.63) is 58.7 Å². The van der Waals surface area contributed by atoms with Crippen LogP contribution in [0.25, 0.3) is 0 Å². The van der Waals surface area contributed by atoms with E-state index in [2.05, 4.69) is 15.4 Å². The second kappa shape index (κ2) is 9.82. The molecule has 0 spiro atoms. The number of ether oxygens (including phenoxy) is 1. The summed E-state index contributed by atoms with van der Waals surface area (Å²) in [6.07, 6.45) is 1.21. The highest BCUT2D eigenvalue weighted by Gasteiger charge is 2.14. The van der Waals surface area contributed by atoms with E-state index in [1.807, 2.05) is 13.0 Å². The van der Waals surface area contributed by atoms with Crippen LogP contribution in [0.15, 0.2) is 36.4 Å². The first kappa shape index (κ1) is 21.3. The quantitative estimate of drug-likeness (QED) is 0.694. The topological polar surface area (TPSA) is 67.4 Å². The van der Waals surface area contributed by atoms with Crippen LogP contribution in [0.4, 0.5) is 14.5 Å². The van der Waals surface area contributed by atoms with Crippen molar-refractivity contribution in [1.82, 2.24) is 5.32 Å². The molecule has 0 bridgehead atoms. The molecule has 5 nitrogen and oxygen atoms in total. The predicted octanol–water partition coefficient (Wildman–Crippen LogP) is 4.57. The summed E-state index contributed by atoms with van der Waals surface area (Å²) >= 11 is 0. The lowest BCUT2D eigenvalue weighted by Crippen LogP contribution is -2.23. The highest BCUT2D eigenvalue weighted by atomic mass is 19.3. The largest absolute Gasteiger partial charge is 0.434 e. The molecule has 0 radical (unpaired) electrons. The van der Waals surface area contributed by atoms with Gasteiger partial charge >= 0.3 is 6.61 Å². The van der Waals surface area contributed by atoms with Crippen LogP contribution in [0, 0.1) is 13.8 Å². The number of carbonyl (C=O) groups excluding carboxylic acids is 2. The zero-order valence-electron chi connectivity index (χ0n) is 16.1. The molecule has 2 rings (SSSR count). The van der Waals surface area contributed by atoms with Gasteiger partial charge in [-0.1, -0.05) is 19.1 Å². The standard InChI is InChI=1S/C21H24F2N2O3/c1-4-6-18(26)25-17-8-5-7-15(11-17)12-24-20(27)16-9-13(2)19(14(3)10-16)28-21(22)23/h5,7-11,21H,4,6,12H2,1-3H3,(H,24,27)(H,25,26). The van der Waals surface area contributed by atoms with E-state index in [4.69, 9.17) is 0 Å². The predicted molar refractivity (Wildman–Crippen MR) is 104 cm³/mol. The molecule has 2 aromatic rings. The van der Waals surface area contributed by atoms with E-state index in [0.29, 0.717) is 28.8 Å². The van der Waals surface area contributed by atoms with Crippen molar-refractivity contribution in [2.75, 3.05) is 5.32 Å². The Balaban J connectivity index is 2.03. The molecule has 0 aromatic heterocycles. The normalized spacial score (nSPS) is 10.6. The summed E-state index contributed by atoms with van der Waals surface area (Å²) in [6, 6.07) is 10.2. The summed E-state index contributed by atoms with van der Waals surface area (Å²) in [5.74, 6) is -0.293. The molecule has 2 aromatic carbocycles. The van der Waals surface area contributed by atoms with Crippen LogP contribution in [0.2, 0.25) is 0 Å². The number of nitrogens with one attached hydrogen (secondary N) is 2. The third-order valence-electron chi connectivity index (χ3n) is 4.07. The van der Waals surface area contributed by atoms with Crippen molar-refractivity contribution in [2.24, 2.45) is 0 Å². The molecule has 0 atom stereocenters. The second-order valence-corrected chi connectivity index (χ2v) is 6.50. The number of hydrogen-bond acceptors (Lipinski definition) is 3. The number of hydrogen-bond donors (Lipinski definition) is 2. The molecule has 0 aliphatic rings. The number of rotatable bonds is 8. The van der Waals surface area contributed by atoms with Crippen molar-refractivity contribution < 1.29 is 23.1 Å². The number of alkyl halides is 2. The first-order chi connectivity index (χ1) is 13.3. The highest BCUT2D eigenvalue weighted by Crippen LogP contribution is 2.26. The Bertz CT molecular complexity index is 830. The minimum absolute atomic E-state index is 0.0549. The molecule has 0 heterocycles. The van der Waals surface area contributed by atoms with E-state index in [1.54, 1.807) is 32.0 Å². The summed E-state index contributed by atoms with van der Waals surface area (Å²) in [5, 5.41) is 5.61. The lowest BCUT2D eigenvalue weighted by atomic mass is 10.0. The molecule has 0 fully saturated rings. The maximum absolute atomic E-state index is 12.5. The van der Waals surface area contributed by atoms with Gasteiger partial charge in [-0.3, -0.25) is 9.59 Å². The maximum atomic E-state index is 12.5. The average Bonchev–Trinajstić information content (AvgIpc) is 2.63. The molecule has 0 saturated carbocycles. The van der Waals surface area contributed by atoms with E-state index in [9.17, 15) is 18.4 Å². The zero-order chi connectivity index (χ0) is 20.7. The molecule has 0 aliphatic carbocycles. The van der Waals surface area contributed by atoms with Gasteiger partial charge in [0.25, 0.3) is 5.91 Å². The molecule has 0 aliphatic heterocycles. The Kier molecular flexibility index (Phi) is 7.49. The molecular formula is C21H24F2N2O3. The number of benzene rings is 2. The fraction of sp³-hybridized carbons (Fsp3) is 0.333. The van der Waals surface area contributed by atoms with Crippen molar-refractivity contribution in [1.29, 1.82) is 0 Å². The molecule has 0 saturated heterocycles. The van der Waals surface area contributed by atoms with E-state index in [-0.39, 0.29) is 24.1 Å². The molecule has 7 heteroatoms. The highest BCUT2D eigenvalue weighted by molar-refractivity contribution is 5.95. The van der Waals surface area contributed by atoms with Gasteiger partial charge < -0.3 is 15.4 Å². The summed E-state index contributed by atoms with van der Waals surface area (Å²) in [4.78, 5) is 24.1. The lowest BCUT2D eigenvalue weighted by molar-refractivity contribution is -0.116. The van der Waals surface area contributed by atoms with Crippen molar-refractivity contribution >= 4 is 17.5 Å². The smallest absolute Gasteiger partial charge is 0.387 e. The number of halogens is 2. The van der Waals surface area contributed by atoms with E-state index in [0.717, 1.165) is 12.0 Å². The van der Waals surface area contributed by atoms with Gasteiger partial charge in [0.05, 0.1) is 0 Å². The molecule has 28 heavy (non-hydrogen) atoms. The second-order valence-electron chi connectivity index (χ2n) is 6.50. The van der Waals surface area contributed by atoms with Gasteiger partial charge in [0.1, 0.15) is 5.75 Å². The summed E-state index contributed by atoms with van der Waals surface area (Å²) in [7, 11) is 0. The van der Waals surface area contributed by atoms with Gasteiger partial charge in [0.2, 0.25) is 5.91 Å². The number of amides is 2. The Hall–Kier alpha value is -2.96. The van der Waals surface area contributed by atoms with Crippen LogP contribution in [0.1, 0.15) is 46.8 Å². The van der Waals surface area contributed by atoms with Crippen molar-refractivity contribution in [3.63, 3.8) is 0 Å². The van der Waals surface area contributed by atoms with Crippen LogP contribution in [0.5, 0.6) is 5.75 Å². The van der Waals surface area contributed by atoms with Crippen LogP contribution in [-0.4, -0.2) is 18.4 Å². The van der Waals surface area contributed by atoms with Crippen molar-refractivity contribution in [2.45, 2.75) is 46.8 Å². The third kappa shape index (κ3) is 6.04. The minimum atomic E-state index is -2.91. The first-order valence-electron chi connectivity index (χ1n) is 9.03. The van der Waals surface area contributed by atoms with Crippen molar-refractivity contribution in [3.8, 4) is 5.75 Å². The zero-order valence-corrected chi connectivity index (χ0v) is 16.1. The van der Waals surface area contributed by atoms with Gasteiger partial charge in [-0.15, -0.1) is 0 Å². The van der Waals surface area contributed by atoms with Crippen LogP contribution >= 0.6 is 0 Å². The first-order valence-corrected chi connectivity index (χ1v) is 9.03. The summed E-state index contributed by atoms with van der Waals surface area (Å²) < 4.78 is 29.5. The number of carbonyl (C=O) groups is 2. The van der Waals surface area contributed by atoms with Crippen LogP contribution in [0.3, 0.4) is 0 Å². The monoisotopic (exact) mass is 390 g/mol. The van der Waals surface area contributed by atoms with E-state index in [1.165, 1.54) is 12.1 Å². The average molecular weight is 390 g/mol. The van der Waals surface area contributed by atoms with Crippen LogP contribution < -0.4 is 15.4 Å². The third-order valence-corrected chi connectivity index (χ3v) is 4.07. The van der Waals surface area contributed by atoms with Gasteiger partial charge in [-0.05, 0) is 61.2 Å². The van der Waals surface area contributed by atoms with Gasteiger partial charge in [-0.2, -0.15) is 8.78 Å². The summed E-state index contributed by atoms with van der Waals surface area (Å²) in [5.41, 5.74) is 2.79.